The summed E-state index contributed by atoms with van der Waals surface area (Å²) in [6.45, 7) is 7.04. The minimum atomic E-state index is -3.56. The van der Waals surface area contributed by atoms with Crippen molar-refractivity contribution >= 4 is 21.7 Å². The molecule has 0 saturated carbocycles. The molecule has 1 unspecified atom stereocenters. The van der Waals surface area contributed by atoms with E-state index in [9.17, 15) is 8.42 Å². The predicted octanol–water partition coefficient (Wildman–Crippen LogP) is 1.41. The van der Waals surface area contributed by atoms with E-state index in [-0.39, 0.29) is 5.03 Å². The summed E-state index contributed by atoms with van der Waals surface area (Å²) >= 11 is 0. The summed E-state index contributed by atoms with van der Waals surface area (Å²) in [5, 5.41) is 8.98. The zero-order chi connectivity index (χ0) is 20.6. The zero-order valence-electron chi connectivity index (χ0n) is 17.3. The lowest BCUT2D eigenvalue weighted by Gasteiger charge is -2.35. The van der Waals surface area contributed by atoms with Crippen molar-refractivity contribution in [2.24, 2.45) is 7.05 Å². The van der Waals surface area contributed by atoms with Gasteiger partial charge in [-0.3, -0.25) is 0 Å². The predicted molar refractivity (Wildman–Crippen MR) is 112 cm³/mol. The molecule has 2 aromatic rings. The quantitative estimate of drug-likeness (QED) is 0.740. The second kappa shape index (κ2) is 7.91. The third kappa shape index (κ3) is 3.95. The van der Waals surface area contributed by atoms with Crippen LogP contribution in [0.15, 0.2) is 23.4 Å². The van der Waals surface area contributed by atoms with Crippen LogP contribution < -0.4 is 9.80 Å². The molecule has 2 aliphatic rings. The number of aryl methyl sites for hydroxylation is 2. The van der Waals surface area contributed by atoms with Crippen LogP contribution in [0.1, 0.15) is 32.0 Å². The third-order valence-electron chi connectivity index (χ3n) is 5.99. The molecule has 0 bridgehead atoms. The number of piperidine rings is 1. The van der Waals surface area contributed by atoms with Gasteiger partial charge in [0.1, 0.15) is 5.82 Å². The summed E-state index contributed by atoms with van der Waals surface area (Å²) in [6.07, 6.45) is 5.23. The first-order chi connectivity index (χ1) is 13.9. The Kier molecular flexibility index (Phi) is 5.48. The summed E-state index contributed by atoms with van der Waals surface area (Å²) in [4.78, 5) is 8.60. The Hall–Kier alpha value is -2.20. The van der Waals surface area contributed by atoms with Crippen LogP contribution in [-0.4, -0.2) is 71.2 Å². The minimum Gasteiger partial charge on any atom is -0.352 e. The summed E-state index contributed by atoms with van der Waals surface area (Å²) in [6, 6.07) is 4.52. The van der Waals surface area contributed by atoms with Crippen LogP contribution in [0, 0.1) is 6.92 Å². The molecule has 10 heteroatoms. The van der Waals surface area contributed by atoms with E-state index in [0.717, 1.165) is 18.2 Å². The third-order valence-corrected chi connectivity index (χ3v) is 7.76. The number of piperazine rings is 1. The number of rotatable bonds is 4. The maximum absolute atomic E-state index is 12.8. The molecule has 0 spiro atoms. The molecule has 2 saturated heterocycles. The van der Waals surface area contributed by atoms with Gasteiger partial charge in [0.15, 0.2) is 16.7 Å². The average Bonchev–Trinajstić information content (AvgIpc) is 3.08. The number of imidazole rings is 1. The fourth-order valence-corrected chi connectivity index (χ4v) is 5.47. The second-order valence-corrected chi connectivity index (χ2v) is 9.80. The van der Waals surface area contributed by atoms with E-state index in [2.05, 4.69) is 31.9 Å². The van der Waals surface area contributed by atoms with E-state index in [1.807, 2.05) is 12.1 Å². The monoisotopic (exact) mass is 419 g/mol. The lowest BCUT2D eigenvalue weighted by Crippen LogP contribution is -2.49. The molecule has 9 nitrogen and oxygen atoms in total. The number of hydrogen-bond acceptors (Lipinski definition) is 7. The molecule has 0 N–H and O–H groups in total. The summed E-state index contributed by atoms with van der Waals surface area (Å²) in [7, 11) is -1.77. The van der Waals surface area contributed by atoms with Gasteiger partial charge in [-0.05, 0) is 45.2 Å². The fourth-order valence-electron chi connectivity index (χ4n) is 4.02. The van der Waals surface area contributed by atoms with Gasteiger partial charge in [-0.25, -0.2) is 13.4 Å². The van der Waals surface area contributed by atoms with E-state index in [1.165, 1.54) is 23.6 Å². The van der Waals surface area contributed by atoms with Crippen molar-refractivity contribution in [3.8, 4) is 0 Å². The number of nitrogens with zero attached hydrogens (tertiary/aromatic N) is 7. The molecule has 2 aliphatic heterocycles. The first-order valence-electron chi connectivity index (χ1n) is 10.2. The lowest BCUT2D eigenvalue weighted by atomic mass is 10.0. The van der Waals surface area contributed by atoms with Crippen molar-refractivity contribution in [1.82, 2.24) is 24.1 Å². The topological polar surface area (TPSA) is 87.5 Å². The first-order valence-corrected chi connectivity index (χ1v) is 11.7. The largest absolute Gasteiger partial charge is 0.352 e. The molecule has 0 radical (unpaired) electrons. The number of aromatic nitrogens is 4. The van der Waals surface area contributed by atoms with Crippen molar-refractivity contribution in [3.63, 3.8) is 0 Å². The van der Waals surface area contributed by atoms with E-state index >= 15 is 0 Å². The molecule has 158 valence electrons. The van der Waals surface area contributed by atoms with Gasteiger partial charge in [0.2, 0.25) is 0 Å². The van der Waals surface area contributed by atoms with Gasteiger partial charge in [-0.2, -0.15) is 4.31 Å². The van der Waals surface area contributed by atoms with Crippen LogP contribution in [0.3, 0.4) is 0 Å². The van der Waals surface area contributed by atoms with Crippen LogP contribution in [0.2, 0.25) is 0 Å². The van der Waals surface area contributed by atoms with Gasteiger partial charge in [0.25, 0.3) is 10.0 Å². The van der Waals surface area contributed by atoms with Crippen molar-refractivity contribution < 1.29 is 8.42 Å². The van der Waals surface area contributed by atoms with E-state index in [1.54, 1.807) is 24.7 Å². The van der Waals surface area contributed by atoms with Crippen LogP contribution in [0.4, 0.5) is 11.6 Å². The Morgan fingerprint density at radius 1 is 1.00 bits per heavy atom. The summed E-state index contributed by atoms with van der Waals surface area (Å²) in [5.74, 6) is 2.40. The summed E-state index contributed by atoms with van der Waals surface area (Å²) < 4.78 is 28.9. The molecule has 0 aliphatic carbocycles. The smallest absolute Gasteiger partial charge is 0.262 e. The standard InChI is InChI=1S/C19H29N7O2S/c1-15-6-4-5-9-26(15)18-8-7-17(21-22-18)24-10-12-25(13-11-24)29(27,28)19-14-23(3)16(2)20-19/h7-8,14-15H,4-6,9-13H2,1-3H3. The minimum absolute atomic E-state index is 0.116. The fraction of sp³-hybridized carbons (Fsp3) is 0.632. The van der Waals surface area contributed by atoms with Crippen molar-refractivity contribution in [2.75, 3.05) is 42.5 Å². The number of hydrogen-bond donors (Lipinski definition) is 0. The maximum atomic E-state index is 12.8. The van der Waals surface area contributed by atoms with Crippen LogP contribution in [0.5, 0.6) is 0 Å². The lowest BCUT2D eigenvalue weighted by molar-refractivity contribution is 0.382. The molecule has 0 amide bonds. The molecule has 4 rings (SSSR count). The highest BCUT2D eigenvalue weighted by Crippen LogP contribution is 2.24. The van der Waals surface area contributed by atoms with E-state index in [0.29, 0.717) is 38.0 Å². The van der Waals surface area contributed by atoms with Crippen molar-refractivity contribution in [3.05, 3.63) is 24.2 Å². The van der Waals surface area contributed by atoms with Crippen molar-refractivity contribution in [2.45, 2.75) is 44.2 Å². The highest BCUT2D eigenvalue weighted by molar-refractivity contribution is 7.89. The van der Waals surface area contributed by atoms with Gasteiger partial charge in [-0.1, -0.05) is 0 Å². The van der Waals surface area contributed by atoms with Crippen LogP contribution >= 0.6 is 0 Å². The molecular formula is C19H29N7O2S. The average molecular weight is 420 g/mol. The van der Waals surface area contributed by atoms with E-state index < -0.39 is 10.0 Å². The highest BCUT2D eigenvalue weighted by atomic mass is 32.2. The van der Waals surface area contributed by atoms with Gasteiger partial charge >= 0.3 is 0 Å². The van der Waals surface area contributed by atoms with Crippen molar-refractivity contribution in [1.29, 1.82) is 0 Å². The summed E-state index contributed by atoms with van der Waals surface area (Å²) in [5.41, 5.74) is 0. The molecule has 4 heterocycles. The molecule has 1 atom stereocenters. The Labute approximate surface area is 172 Å². The molecular weight excluding hydrogens is 390 g/mol. The molecule has 29 heavy (non-hydrogen) atoms. The number of anilines is 2. The zero-order valence-corrected chi connectivity index (χ0v) is 18.1. The Bertz CT molecular complexity index is 930. The highest BCUT2D eigenvalue weighted by Gasteiger charge is 2.31. The van der Waals surface area contributed by atoms with Gasteiger partial charge in [0, 0.05) is 52.0 Å². The number of sulfonamides is 1. The molecule has 0 aromatic carbocycles. The molecule has 2 aromatic heterocycles. The first kappa shape index (κ1) is 20.1. The van der Waals surface area contributed by atoms with Gasteiger partial charge in [-0.15, -0.1) is 10.2 Å². The van der Waals surface area contributed by atoms with Crippen LogP contribution in [-0.2, 0) is 17.1 Å². The Morgan fingerprint density at radius 3 is 2.28 bits per heavy atom. The second-order valence-electron chi connectivity index (χ2n) is 7.92. The SMILES string of the molecule is Cc1nc(S(=O)(=O)N2CCN(c3ccc(N4CCCCC4C)nn3)CC2)cn1C. The molecule has 2 fully saturated rings. The van der Waals surface area contributed by atoms with E-state index in [4.69, 9.17) is 0 Å². The van der Waals surface area contributed by atoms with Gasteiger partial charge < -0.3 is 14.4 Å². The normalized spacial score (nSPS) is 21.6. The van der Waals surface area contributed by atoms with Gasteiger partial charge in [0.05, 0.1) is 0 Å². The maximum Gasteiger partial charge on any atom is 0.262 e. The Morgan fingerprint density at radius 2 is 1.69 bits per heavy atom. The Balaban J connectivity index is 1.40. The van der Waals surface area contributed by atoms with Crippen LogP contribution in [0.25, 0.3) is 0 Å².